The van der Waals surface area contributed by atoms with Gasteiger partial charge in [-0.3, -0.25) is 4.90 Å². The third-order valence-electron chi connectivity index (χ3n) is 5.30. The summed E-state index contributed by atoms with van der Waals surface area (Å²) in [6, 6.07) is 23.6. The summed E-state index contributed by atoms with van der Waals surface area (Å²) >= 11 is 1.78. The number of benzene rings is 2. The van der Waals surface area contributed by atoms with Gasteiger partial charge < -0.3 is 0 Å². The molecule has 0 saturated carbocycles. The SMILES string of the molecule is Cc1ccc([C@H](c2nnnn2C(C)(C)C)N(Cc2ccccc2)Cc2cccs2)cc1. The molecule has 4 rings (SSSR count). The number of nitrogens with zero attached hydrogens (tertiary/aromatic N) is 5. The molecule has 0 fully saturated rings. The van der Waals surface area contributed by atoms with Crippen molar-refractivity contribution in [2.45, 2.75) is 52.4 Å². The zero-order chi connectivity index (χ0) is 21.8. The molecule has 5 nitrogen and oxygen atoms in total. The molecular weight excluding hydrogens is 402 g/mol. The van der Waals surface area contributed by atoms with Gasteiger partial charge in [0, 0.05) is 18.0 Å². The fourth-order valence-electron chi connectivity index (χ4n) is 3.77. The Morgan fingerprint density at radius 2 is 1.68 bits per heavy atom. The summed E-state index contributed by atoms with van der Waals surface area (Å²) in [5.41, 5.74) is 3.48. The third-order valence-corrected chi connectivity index (χ3v) is 6.16. The zero-order valence-corrected chi connectivity index (χ0v) is 19.4. The fraction of sp³-hybridized carbons (Fsp3) is 0.320. The second-order valence-electron chi connectivity index (χ2n) is 8.90. The van der Waals surface area contributed by atoms with Crippen molar-refractivity contribution in [1.82, 2.24) is 25.1 Å². The van der Waals surface area contributed by atoms with E-state index in [4.69, 9.17) is 0 Å². The highest BCUT2D eigenvalue weighted by molar-refractivity contribution is 7.09. The third kappa shape index (κ3) is 5.09. The first-order valence-corrected chi connectivity index (χ1v) is 11.5. The molecule has 0 saturated heterocycles. The maximum absolute atomic E-state index is 4.54. The van der Waals surface area contributed by atoms with E-state index in [0.717, 1.165) is 18.9 Å². The molecule has 4 aromatic rings. The average molecular weight is 432 g/mol. The number of thiophene rings is 1. The number of rotatable bonds is 7. The summed E-state index contributed by atoms with van der Waals surface area (Å²) in [6.07, 6.45) is 0. The molecule has 0 radical (unpaired) electrons. The van der Waals surface area contributed by atoms with Gasteiger partial charge in [0.2, 0.25) is 0 Å². The van der Waals surface area contributed by atoms with Gasteiger partial charge in [0.1, 0.15) is 0 Å². The number of hydrogen-bond donors (Lipinski definition) is 0. The van der Waals surface area contributed by atoms with Crippen LogP contribution in [0.5, 0.6) is 0 Å². The maximum atomic E-state index is 4.54. The quantitative estimate of drug-likeness (QED) is 0.383. The Morgan fingerprint density at radius 3 is 2.32 bits per heavy atom. The van der Waals surface area contributed by atoms with Crippen molar-refractivity contribution in [1.29, 1.82) is 0 Å². The van der Waals surface area contributed by atoms with Crippen LogP contribution in [0.1, 0.15) is 54.2 Å². The number of tetrazole rings is 1. The van der Waals surface area contributed by atoms with Gasteiger partial charge in [-0.1, -0.05) is 66.2 Å². The molecular formula is C25H29N5S. The number of aryl methyl sites for hydroxylation is 1. The summed E-state index contributed by atoms with van der Waals surface area (Å²) in [5.74, 6) is 0.865. The summed E-state index contributed by atoms with van der Waals surface area (Å²) in [6.45, 7) is 10.2. The smallest absolute Gasteiger partial charge is 0.173 e. The van der Waals surface area contributed by atoms with Crippen LogP contribution in [0.3, 0.4) is 0 Å². The van der Waals surface area contributed by atoms with Gasteiger partial charge in [-0.15, -0.1) is 16.4 Å². The monoisotopic (exact) mass is 431 g/mol. The van der Waals surface area contributed by atoms with Crippen LogP contribution in [-0.4, -0.2) is 25.1 Å². The van der Waals surface area contributed by atoms with Gasteiger partial charge in [-0.05, 0) is 60.7 Å². The van der Waals surface area contributed by atoms with Crippen LogP contribution in [-0.2, 0) is 18.6 Å². The molecule has 0 aliphatic carbocycles. The van der Waals surface area contributed by atoms with Crippen molar-refractivity contribution in [3.05, 3.63) is 99.5 Å². The largest absolute Gasteiger partial charge is 0.280 e. The standard InChI is InChI=1S/C25H29N5S/c1-19-12-14-21(15-13-19)23(24-26-27-28-30(24)25(2,3)4)29(18-22-11-8-16-31-22)17-20-9-6-5-7-10-20/h5-16,23H,17-18H2,1-4H3/t23-/m1/s1. The lowest BCUT2D eigenvalue weighted by Crippen LogP contribution is -2.34. The van der Waals surface area contributed by atoms with Gasteiger partial charge in [0.05, 0.1) is 11.6 Å². The topological polar surface area (TPSA) is 46.8 Å². The molecule has 2 aromatic heterocycles. The first-order chi connectivity index (χ1) is 14.9. The molecule has 2 heterocycles. The van der Waals surface area contributed by atoms with Gasteiger partial charge in [-0.2, -0.15) is 0 Å². The van der Waals surface area contributed by atoms with Crippen molar-refractivity contribution < 1.29 is 0 Å². The molecule has 0 bridgehead atoms. The minimum atomic E-state index is -0.219. The Labute approximate surface area is 188 Å². The molecule has 31 heavy (non-hydrogen) atoms. The molecule has 0 aliphatic heterocycles. The Hall–Kier alpha value is -2.83. The molecule has 1 atom stereocenters. The minimum absolute atomic E-state index is 0.0721. The van der Waals surface area contributed by atoms with E-state index in [2.05, 4.69) is 120 Å². The molecule has 0 aliphatic rings. The maximum Gasteiger partial charge on any atom is 0.173 e. The van der Waals surface area contributed by atoms with Gasteiger partial charge in [0.25, 0.3) is 0 Å². The molecule has 6 heteroatoms. The average Bonchev–Trinajstić information content (AvgIpc) is 3.42. The van der Waals surface area contributed by atoms with E-state index in [9.17, 15) is 0 Å². The normalized spacial score (nSPS) is 12.9. The van der Waals surface area contributed by atoms with E-state index in [-0.39, 0.29) is 11.6 Å². The van der Waals surface area contributed by atoms with Crippen LogP contribution in [0.4, 0.5) is 0 Å². The highest BCUT2D eigenvalue weighted by Crippen LogP contribution is 2.33. The number of hydrogen-bond acceptors (Lipinski definition) is 5. The zero-order valence-electron chi connectivity index (χ0n) is 18.6. The molecule has 160 valence electrons. The Morgan fingerprint density at radius 1 is 0.935 bits per heavy atom. The molecule has 2 aromatic carbocycles. The minimum Gasteiger partial charge on any atom is -0.280 e. The van der Waals surface area contributed by atoms with Gasteiger partial charge in [-0.25, -0.2) is 4.68 Å². The fourth-order valence-corrected chi connectivity index (χ4v) is 4.50. The van der Waals surface area contributed by atoms with Gasteiger partial charge in [0.15, 0.2) is 5.82 Å². The number of aromatic nitrogens is 4. The first kappa shape index (κ1) is 21.4. The summed E-state index contributed by atoms with van der Waals surface area (Å²) in [5, 5.41) is 15.1. The van der Waals surface area contributed by atoms with Crippen LogP contribution in [0.15, 0.2) is 72.1 Å². The van der Waals surface area contributed by atoms with E-state index in [1.54, 1.807) is 11.3 Å². The van der Waals surface area contributed by atoms with E-state index >= 15 is 0 Å². The Balaban J connectivity index is 1.83. The second-order valence-corrected chi connectivity index (χ2v) is 9.94. The highest BCUT2D eigenvalue weighted by Gasteiger charge is 2.31. The van der Waals surface area contributed by atoms with Crippen LogP contribution < -0.4 is 0 Å². The van der Waals surface area contributed by atoms with Crippen molar-refractivity contribution in [3.8, 4) is 0 Å². The van der Waals surface area contributed by atoms with Crippen molar-refractivity contribution in [3.63, 3.8) is 0 Å². The lowest BCUT2D eigenvalue weighted by molar-refractivity contribution is 0.187. The highest BCUT2D eigenvalue weighted by atomic mass is 32.1. The lowest BCUT2D eigenvalue weighted by atomic mass is 10.00. The molecule has 0 spiro atoms. The molecule has 0 unspecified atom stereocenters. The van der Waals surface area contributed by atoms with E-state index < -0.39 is 0 Å². The Bertz CT molecular complexity index is 1080. The predicted molar refractivity (Wildman–Crippen MR) is 126 cm³/mol. The van der Waals surface area contributed by atoms with E-state index in [1.807, 2.05) is 4.68 Å². The molecule has 0 N–H and O–H groups in total. The van der Waals surface area contributed by atoms with E-state index in [0.29, 0.717) is 0 Å². The van der Waals surface area contributed by atoms with Gasteiger partial charge >= 0.3 is 0 Å². The van der Waals surface area contributed by atoms with Crippen LogP contribution in [0, 0.1) is 6.92 Å². The van der Waals surface area contributed by atoms with Crippen LogP contribution >= 0.6 is 11.3 Å². The second kappa shape index (κ2) is 9.12. The van der Waals surface area contributed by atoms with Crippen LogP contribution in [0.2, 0.25) is 0 Å². The van der Waals surface area contributed by atoms with Crippen molar-refractivity contribution in [2.24, 2.45) is 0 Å². The Kier molecular flexibility index (Phi) is 6.30. The summed E-state index contributed by atoms with van der Waals surface area (Å²) in [4.78, 5) is 3.79. The van der Waals surface area contributed by atoms with E-state index in [1.165, 1.54) is 21.6 Å². The predicted octanol–water partition coefficient (Wildman–Crippen LogP) is 5.59. The van der Waals surface area contributed by atoms with Crippen LogP contribution in [0.25, 0.3) is 0 Å². The summed E-state index contributed by atoms with van der Waals surface area (Å²) < 4.78 is 1.96. The van der Waals surface area contributed by atoms with Crippen molar-refractivity contribution in [2.75, 3.05) is 0 Å². The van der Waals surface area contributed by atoms with Crippen molar-refractivity contribution >= 4 is 11.3 Å². The lowest BCUT2D eigenvalue weighted by Gasteiger charge is -2.33. The molecule has 0 amide bonds. The first-order valence-electron chi connectivity index (χ1n) is 10.6. The summed E-state index contributed by atoms with van der Waals surface area (Å²) in [7, 11) is 0.